The van der Waals surface area contributed by atoms with Crippen molar-refractivity contribution in [3.05, 3.63) is 98.4 Å². The van der Waals surface area contributed by atoms with Crippen molar-refractivity contribution >= 4 is 59.5 Å². The Bertz CT molecular complexity index is 1440. The zero-order chi connectivity index (χ0) is 21.4. The molecule has 0 spiro atoms. The van der Waals surface area contributed by atoms with E-state index in [4.69, 9.17) is 4.98 Å². The van der Waals surface area contributed by atoms with Crippen molar-refractivity contribution in [3.8, 4) is 0 Å². The van der Waals surface area contributed by atoms with Crippen LogP contribution in [0.4, 0.5) is 0 Å². The Morgan fingerprint density at radius 2 is 1.77 bits per heavy atom. The van der Waals surface area contributed by atoms with E-state index in [0.29, 0.717) is 11.2 Å². The second-order valence-corrected chi connectivity index (χ2v) is 10.2. The molecule has 3 heterocycles. The molecule has 5 rings (SSSR count). The molecular formula is C24H18BrN3OS2. The molecule has 0 unspecified atom stereocenters. The van der Waals surface area contributed by atoms with Gasteiger partial charge in [0.15, 0.2) is 5.16 Å². The molecule has 31 heavy (non-hydrogen) atoms. The largest absolute Gasteiger partial charge is 0.282 e. The molecule has 7 heteroatoms. The molecule has 0 fully saturated rings. The molecule has 2 aromatic carbocycles. The van der Waals surface area contributed by atoms with E-state index < -0.39 is 0 Å². The van der Waals surface area contributed by atoms with Crippen LogP contribution in [0.3, 0.4) is 0 Å². The molecule has 0 saturated heterocycles. The summed E-state index contributed by atoms with van der Waals surface area (Å²) in [4.78, 5) is 23.8. The fourth-order valence-corrected chi connectivity index (χ4v) is 5.64. The number of thiophene rings is 1. The van der Waals surface area contributed by atoms with Crippen molar-refractivity contribution in [3.63, 3.8) is 0 Å². The van der Waals surface area contributed by atoms with Gasteiger partial charge in [0.2, 0.25) is 0 Å². The zero-order valence-corrected chi connectivity index (χ0v) is 19.9. The Morgan fingerprint density at radius 1 is 1.03 bits per heavy atom. The van der Waals surface area contributed by atoms with Gasteiger partial charge in [-0.2, -0.15) is 0 Å². The normalized spacial score (nSPS) is 11.4. The molecule has 0 saturated carbocycles. The van der Waals surface area contributed by atoms with Crippen LogP contribution >= 0.6 is 39.0 Å². The molecule has 0 atom stereocenters. The molecule has 0 N–H and O–H groups in total. The average molecular weight is 508 g/mol. The van der Waals surface area contributed by atoms with Crippen LogP contribution in [-0.2, 0) is 12.3 Å². The highest BCUT2D eigenvalue weighted by Crippen LogP contribution is 2.31. The fraction of sp³-hybridized carbons (Fsp3) is 0.125. The summed E-state index contributed by atoms with van der Waals surface area (Å²) >= 11 is 6.49. The second-order valence-electron chi connectivity index (χ2n) is 7.32. The maximum Gasteiger partial charge on any atom is 0.272 e. The molecular weight excluding hydrogens is 490 g/mol. The van der Waals surface area contributed by atoms with Crippen LogP contribution < -0.4 is 5.56 Å². The van der Waals surface area contributed by atoms with Crippen molar-refractivity contribution in [2.45, 2.75) is 24.4 Å². The number of thioether (sulfide) groups is 1. The van der Waals surface area contributed by atoms with Crippen LogP contribution in [0, 0.1) is 6.92 Å². The van der Waals surface area contributed by atoms with E-state index in [1.54, 1.807) is 22.5 Å². The number of hydrogen-bond acceptors (Lipinski definition) is 5. The van der Waals surface area contributed by atoms with Crippen LogP contribution in [0.5, 0.6) is 0 Å². The average Bonchev–Trinajstić information content (AvgIpc) is 3.16. The van der Waals surface area contributed by atoms with Gasteiger partial charge in [0.25, 0.3) is 5.56 Å². The first-order valence-electron chi connectivity index (χ1n) is 9.79. The van der Waals surface area contributed by atoms with E-state index in [1.807, 2.05) is 24.3 Å². The van der Waals surface area contributed by atoms with Gasteiger partial charge in [-0.3, -0.25) is 9.36 Å². The molecule has 0 amide bonds. The molecule has 0 aliphatic heterocycles. The summed E-state index contributed by atoms with van der Waals surface area (Å²) in [6.07, 6.45) is 1.76. The van der Waals surface area contributed by atoms with Crippen LogP contribution in [0.15, 0.2) is 81.3 Å². The Morgan fingerprint density at radius 3 is 2.55 bits per heavy atom. The third-order valence-corrected chi connectivity index (χ3v) is 7.73. The Labute approximate surface area is 196 Å². The third kappa shape index (κ3) is 4.18. The van der Waals surface area contributed by atoms with E-state index in [-0.39, 0.29) is 5.56 Å². The number of benzene rings is 2. The molecule has 0 aliphatic carbocycles. The van der Waals surface area contributed by atoms with Gasteiger partial charge in [0, 0.05) is 21.8 Å². The molecule has 0 radical (unpaired) electrons. The summed E-state index contributed by atoms with van der Waals surface area (Å²) in [7, 11) is 0. The summed E-state index contributed by atoms with van der Waals surface area (Å²) in [5.74, 6) is 0.736. The van der Waals surface area contributed by atoms with E-state index in [0.717, 1.165) is 36.7 Å². The van der Waals surface area contributed by atoms with Crippen molar-refractivity contribution in [2.24, 2.45) is 0 Å². The van der Waals surface area contributed by atoms with E-state index in [9.17, 15) is 4.79 Å². The van der Waals surface area contributed by atoms with Gasteiger partial charge < -0.3 is 0 Å². The number of hydrogen-bond donors (Lipinski definition) is 0. The number of aromatic nitrogens is 3. The van der Waals surface area contributed by atoms with Crippen LogP contribution in [0.2, 0.25) is 0 Å². The van der Waals surface area contributed by atoms with Crippen molar-refractivity contribution < 1.29 is 0 Å². The Hall–Kier alpha value is -2.48. The van der Waals surface area contributed by atoms with Crippen molar-refractivity contribution in [2.75, 3.05) is 0 Å². The minimum atomic E-state index is -0.00752. The lowest BCUT2D eigenvalue weighted by Gasteiger charge is -2.12. The topological polar surface area (TPSA) is 47.8 Å². The highest BCUT2D eigenvalue weighted by atomic mass is 79.9. The van der Waals surface area contributed by atoms with Gasteiger partial charge in [-0.15, -0.1) is 11.3 Å². The highest BCUT2D eigenvalue weighted by Gasteiger charge is 2.17. The van der Waals surface area contributed by atoms with Crippen molar-refractivity contribution in [1.29, 1.82) is 0 Å². The zero-order valence-electron chi connectivity index (χ0n) is 16.7. The highest BCUT2D eigenvalue weighted by molar-refractivity contribution is 9.10. The van der Waals surface area contributed by atoms with Crippen molar-refractivity contribution in [1.82, 2.24) is 14.5 Å². The predicted octanol–water partition coefficient (Wildman–Crippen LogP) is 6.42. The van der Waals surface area contributed by atoms with Gasteiger partial charge in [-0.05, 0) is 42.3 Å². The van der Waals surface area contributed by atoms with Gasteiger partial charge >= 0.3 is 0 Å². The van der Waals surface area contributed by atoms with E-state index in [1.165, 1.54) is 22.5 Å². The molecule has 0 bridgehead atoms. The summed E-state index contributed by atoms with van der Waals surface area (Å²) in [5, 5.41) is 1.66. The number of nitrogens with zero attached hydrogens (tertiary/aromatic N) is 3. The first-order chi connectivity index (χ1) is 15.1. The predicted molar refractivity (Wildman–Crippen MR) is 133 cm³/mol. The van der Waals surface area contributed by atoms with Gasteiger partial charge in [-0.1, -0.05) is 69.7 Å². The molecule has 154 valence electrons. The first kappa shape index (κ1) is 20.4. The summed E-state index contributed by atoms with van der Waals surface area (Å²) in [6.45, 7) is 2.56. The molecule has 0 aliphatic rings. The lowest BCUT2D eigenvalue weighted by molar-refractivity contribution is 0.659. The molecule has 4 nitrogen and oxygen atoms in total. The smallest absolute Gasteiger partial charge is 0.272 e. The first-order valence-corrected chi connectivity index (χ1v) is 12.4. The SMILES string of the molecule is Cc1ccc(Cn2c(SCc3ccc(Br)cc3)nc3c(sc4ncccc43)c2=O)cc1. The standard InChI is InChI=1S/C24H18BrN3OS2/c1-15-4-6-16(7-5-15)13-28-23(29)21-20(19-3-2-12-26-22(19)31-21)27-24(28)30-14-17-8-10-18(25)11-9-17/h2-12H,13-14H2,1H3. The van der Waals surface area contributed by atoms with Crippen LogP contribution in [0.1, 0.15) is 16.7 Å². The number of fused-ring (bicyclic) bond motifs is 3. The van der Waals surface area contributed by atoms with Crippen LogP contribution in [0.25, 0.3) is 20.4 Å². The second kappa shape index (κ2) is 8.57. The fourth-order valence-electron chi connectivity index (χ4n) is 3.40. The molecule has 3 aromatic heterocycles. The van der Waals surface area contributed by atoms with Gasteiger partial charge in [0.05, 0.1) is 12.1 Å². The third-order valence-electron chi connectivity index (χ3n) is 5.06. The maximum atomic E-state index is 13.5. The van der Waals surface area contributed by atoms with E-state index >= 15 is 0 Å². The van der Waals surface area contributed by atoms with Gasteiger partial charge in [0.1, 0.15) is 9.53 Å². The number of rotatable bonds is 5. The summed E-state index contributed by atoms with van der Waals surface area (Å²) in [5.41, 5.74) is 4.20. The Kier molecular flexibility index (Phi) is 5.65. The summed E-state index contributed by atoms with van der Waals surface area (Å²) in [6, 6.07) is 20.4. The monoisotopic (exact) mass is 507 g/mol. The van der Waals surface area contributed by atoms with Crippen LogP contribution in [-0.4, -0.2) is 14.5 Å². The summed E-state index contributed by atoms with van der Waals surface area (Å²) < 4.78 is 3.51. The Balaban J connectivity index is 1.62. The number of pyridine rings is 1. The molecule has 5 aromatic rings. The minimum absolute atomic E-state index is 0.00752. The lowest BCUT2D eigenvalue weighted by Crippen LogP contribution is -2.23. The number of halogens is 1. The minimum Gasteiger partial charge on any atom is -0.282 e. The lowest BCUT2D eigenvalue weighted by atomic mass is 10.1. The van der Waals surface area contributed by atoms with Gasteiger partial charge in [-0.25, -0.2) is 9.97 Å². The maximum absolute atomic E-state index is 13.5. The number of aryl methyl sites for hydroxylation is 1. The van der Waals surface area contributed by atoms with E-state index in [2.05, 4.69) is 64.2 Å². The quantitative estimate of drug-likeness (QED) is 0.203.